The highest BCUT2D eigenvalue weighted by atomic mass is 32.2. The second-order valence-electron chi connectivity index (χ2n) is 7.49. The van der Waals surface area contributed by atoms with Crippen LogP contribution in [0, 0.1) is 6.92 Å². The molecule has 3 aromatic rings. The lowest BCUT2D eigenvalue weighted by molar-refractivity contribution is 0.0953. The van der Waals surface area contributed by atoms with Crippen molar-refractivity contribution in [2.45, 2.75) is 18.2 Å². The van der Waals surface area contributed by atoms with Crippen molar-refractivity contribution in [3.8, 4) is 17.2 Å². The van der Waals surface area contributed by atoms with Gasteiger partial charge in [-0.25, -0.2) is 8.42 Å². The summed E-state index contributed by atoms with van der Waals surface area (Å²) in [4.78, 5) is 12.8. The van der Waals surface area contributed by atoms with Crippen LogP contribution in [-0.4, -0.2) is 42.2 Å². The predicted octanol–water partition coefficient (Wildman–Crippen LogP) is 3.79. The van der Waals surface area contributed by atoms with Gasteiger partial charge in [-0.1, -0.05) is 6.07 Å². The average molecular weight is 485 g/mol. The SMILES string of the molecule is COc1ccc(NS(=O)(=O)c2ccc(C)c(C(=O)NCCc3cc(OC)ccc3OC)c2)cc1. The van der Waals surface area contributed by atoms with E-state index in [4.69, 9.17) is 14.2 Å². The van der Waals surface area contributed by atoms with Crippen LogP contribution < -0.4 is 24.2 Å². The van der Waals surface area contributed by atoms with Crippen molar-refractivity contribution >= 4 is 21.6 Å². The Kier molecular flexibility index (Phi) is 8.01. The Bertz CT molecular complexity index is 1260. The van der Waals surface area contributed by atoms with Gasteiger partial charge in [-0.3, -0.25) is 9.52 Å². The van der Waals surface area contributed by atoms with Gasteiger partial charge in [0.1, 0.15) is 17.2 Å². The van der Waals surface area contributed by atoms with E-state index in [-0.39, 0.29) is 16.4 Å². The molecule has 0 saturated heterocycles. The zero-order valence-electron chi connectivity index (χ0n) is 19.5. The van der Waals surface area contributed by atoms with E-state index in [0.717, 1.165) is 5.56 Å². The first-order valence-electron chi connectivity index (χ1n) is 10.5. The van der Waals surface area contributed by atoms with Crippen LogP contribution in [0.2, 0.25) is 0 Å². The molecule has 1 amide bonds. The van der Waals surface area contributed by atoms with Crippen LogP contribution >= 0.6 is 0 Å². The van der Waals surface area contributed by atoms with E-state index in [0.29, 0.717) is 41.5 Å². The molecule has 8 nitrogen and oxygen atoms in total. The number of benzene rings is 3. The Hall–Kier alpha value is -3.72. The van der Waals surface area contributed by atoms with Gasteiger partial charge in [0.05, 0.1) is 26.2 Å². The second-order valence-corrected chi connectivity index (χ2v) is 9.18. The molecule has 0 aliphatic heterocycles. The summed E-state index contributed by atoms with van der Waals surface area (Å²) in [6, 6.07) is 16.4. The number of amides is 1. The zero-order chi connectivity index (χ0) is 24.7. The number of carbonyl (C=O) groups excluding carboxylic acids is 1. The molecule has 0 aromatic heterocycles. The molecule has 2 N–H and O–H groups in total. The number of rotatable bonds is 10. The molecule has 0 atom stereocenters. The maximum absolute atomic E-state index is 12.9. The monoisotopic (exact) mass is 484 g/mol. The first kappa shape index (κ1) is 24.9. The van der Waals surface area contributed by atoms with Gasteiger partial charge in [0.2, 0.25) is 0 Å². The van der Waals surface area contributed by atoms with Crippen molar-refractivity contribution in [2.75, 3.05) is 32.6 Å². The van der Waals surface area contributed by atoms with Gasteiger partial charge < -0.3 is 19.5 Å². The third-order valence-electron chi connectivity index (χ3n) is 5.27. The van der Waals surface area contributed by atoms with Crippen LogP contribution in [0.4, 0.5) is 5.69 Å². The van der Waals surface area contributed by atoms with Gasteiger partial charge in [-0.2, -0.15) is 0 Å². The fraction of sp³-hybridized carbons (Fsp3) is 0.240. The number of aryl methyl sites for hydroxylation is 1. The molecule has 0 bridgehead atoms. The van der Waals surface area contributed by atoms with Crippen molar-refractivity contribution < 1.29 is 27.4 Å². The number of ether oxygens (including phenoxy) is 3. The van der Waals surface area contributed by atoms with Gasteiger partial charge in [0.25, 0.3) is 15.9 Å². The third-order valence-corrected chi connectivity index (χ3v) is 6.65. The predicted molar refractivity (Wildman–Crippen MR) is 131 cm³/mol. The molecule has 0 heterocycles. The summed E-state index contributed by atoms with van der Waals surface area (Å²) in [6.45, 7) is 2.09. The van der Waals surface area contributed by atoms with Crippen LogP contribution in [0.15, 0.2) is 65.6 Å². The van der Waals surface area contributed by atoms with Gasteiger partial charge >= 0.3 is 0 Å². The van der Waals surface area contributed by atoms with E-state index in [1.165, 1.54) is 19.2 Å². The van der Waals surface area contributed by atoms with Crippen molar-refractivity contribution in [1.82, 2.24) is 5.32 Å². The second kappa shape index (κ2) is 10.9. The number of hydrogen-bond donors (Lipinski definition) is 2. The number of anilines is 1. The van der Waals surface area contributed by atoms with Crippen molar-refractivity contribution in [1.29, 1.82) is 0 Å². The van der Waals surface area contributed by atoms with Crippen LogP contribution in [0.25, 0.3) is 0 Å². The largest absolute Gasteiger partial charge is 0.497 e. The molecule has 180 valence electrons. The first-order chi connectivity index (χ1) is 16.3. The highest BCUT2D eigenvalue weighted by Gasteiger charge is 2.18. The summed E-state index contributed by atoms with van der Waals surface area (Å²) in [5, 5.41) is 2.85. The van der Waals surface area contributed by atoms with Crippen LogP contribution in [0.3, 0.4) is 0 Å². The Morgan fingerprint density at radius 2 is 1.53 bits per heavy atom. The molecule has 0 fully saturated rings. The Morgan fingerprint density at radius 1 is 0.853 bits per heavy atom. The van der Waals surface area contributed by atoms with Crippen LogP contribution in [0.1, 0.15) is 21.5 Å². The molecule has 3 aromatic carbocycles. The zero-order valence-corrected chi connectivity index (χ0v) is 20.4. The van der Waals surface area contributed by atoms with E-state index in [2.05, 4.69) is 10.0 Å². The van der Waals surface area contributed by atoms with E-state index in [9.17, 15) is 13.2 Å². The minimum Gasteiger partial charge on any atom is -0.497 e. The summed E-state index contributed by atoms with van der Waals surface area (Å²) in [5.74, 6) is 1.65. The summed E-state index contributed by atoms with van der Waals surface area (Å²) >= 11 is 0. The molecule has 0 aliphatic carbocycles. The normalized spacial score (nSPS) is 10.9. The molecule has 0 unspecified atom stereocenters. The molecule has 3 rings (SSSR count). The quantitative estimate of drug-likeness (QED) is 0.454. The van der Waals surface area contributed by atoms with Gasteiger partial charge in [-0.15, -0.1) is 0 Å². The summed E-state index contributed by atoms with van der Waals surface area (Å²) in [5.41, 5.74) is 2.23. The molecule has 0 aliphatic rings. The fourth-order valence-electron chi connectivity index (χ4n) is 3.37. The van der Waals surface area contributed by atoms with E-state index < -0.39 is 10.0 Å². The highest BCUT2D eigenvalue weighted by Crippen LogP contribution is 2.24. The van der Waals surface area contributed by atoms with Gasteiger partial charge in [-0.05, 0) is 79.1 Å². The minimum absolute atomic E-state index is 0.00599. The molecular formula is C25H28N2O6S. The van der Waals surface area contributed by atoms with Crippen molar-refractivity contribution in [3.63, 3.8) is 0 Å². The number of sulfonamides is 1. The Labute approximate surface area is 199 Å². The third kappa shape index (κ3) is 5.99. The molecule has 34 heavy (non-hydrogen) atoms. The lowest BCUT2D eigenvalue weighted by Gasteiger charge is -2.13. The summed E-state index contributed by atoms with van der Waals surface area (Å²) < 4.78 is 44.0. The molecule has 9 heteroatoms. The number of methoxy groups -OCH3 is 3. The Balaban J connectivity index is 1.72. The maximum atomic E-state index is 12.9. The van der Waals surface area contributed by atoms with Crippen molar-refractivity contribution in [2.24, 2.45) is 0 Å². The van der Waals surface area contributed by atoms with Crippen LogP contribution in [0.5, 0.6) is 17.2 Å². The smallest absolute Gasteiger partial charge is 0.261 e. The molecule has 0 spiro atoms. The maximum Gasteiger partial charge on any atom is 0.261 e. The van der Waals surface area contributed by atoms with Crippen LogP contribution in [-0.2, 0) is 16.4 Å². The fourth-order valence-corrected chi connectivity index (χ4v) is 4.45. The van der Waals surface area contributed by atoms with E-state index in [1.54, 1.807) is 57.5 Å². The highest BCUT2D eigenvalue weighted by molar-refractivity contribution is 7.92. The first-order valence-corrected chi connectivity index (χ1v) is 12.0. The average Bonchev–Trinajstić information content (AvgIpc) is 2.84. The molecular weight excluding hydrogens is 456 g/mol. The topological polar surface area (TPSA) is 103 Å². The summed E-state index contributed by atoms with van der Waals surface area (Å²) in [7, 11) is 0.812. The van der Waals surface area contributed by atoms with E-state index in [1.807, 2.05) is 12.1 Å². The number of nitrogens with one attached hydrogen (secondary N) is 2. The van der Waals surface area contributed by atoms with E-state index >= 15 is 0 Å². The minimum atomic E-state index is -3.89. The lowest BCUT2D eigenvalue weighted by atomic mass is 10.1. The molecule has 0 saturated carbocycles. The number of hydrogen-bond acceptors (Lipinski definition) is 6. The van der Waals surface area contributed by atoms with Crippen molar-refractivity contribution in [3.05, 3.63) is 77.4 Å². The van der Waals surface area contributed by atoms with Gasteiger partial charge in [0, 0.05) is 17.8 Å². The molecule has 0 radical (unpaired) electrons. The Morgan fingerprint density at radius 3 is 2.18 bits per heavy atom. The standard InChI is InChI=1S/C25H28N2O6S/c1-17-5-11-22(34(29,30)27-19-6-8-20(31-2)9-7-19)16-23(17)25(28)26-14-13-18-15-21(32-3)10-12-24(18)33-4/h5-12,15-16,27H,13-14H2,1-4H3,(H,26,28). The summed E-state index contributed by atoms with van der Waals surface area (Å²) in [6.07, 6.45) is 0.516. The lowest BCUT2D eigenvalue weighted by Crippen LogP contribution is -2.27. The number of carbonyl (C=O) groups is 1. The van der Waals surface area contributed by atoms with Gasteiger partial charge in [0.15, 0.2) is 0 Å².